The van der Waals surface area contributed by atoms with E-state index in [1.54, 1.807) is 24.3 Å². The van der Waals surface area contributed by atoms with Gasteiger partial charge in [0.05, 0.1) is 12.7 Å². The van der Waals surface area contributed by atoms with E-state index in [2.05, 4.69) is 0 Å². The summed E-state index contributed by atoms with van der Waals surface area (Å²) in [5.41, 5.74) is 0.686. The number of rotatable bonds is 4. The highest BCUT2D eigenvalue weighted by Gasteiger charge is 2.10. The van der Waals surface area contributed by atoms with Crippen molar-refractivity contribution in [2.45, 2.75) is 6.61 Å². The standard InChI is InChI=1S/C15H11ClFNO2/c1-19-13-4-2-3-11(15(13)17)9-20-14-7-12(16)6-5-10(14)8-18/h2-7H,9H2,1H3. The Labute approximate surface area is 121 Å². The smallest absolute Gasteiger partial charge is 0.171 e. The van der Waals surface area contributed by atoms with Gasteiger partial charge in [-0.2, -0.15) is 5.26 Å². The van der Waals surface area contributed by atoms with E-state index in [1.165, 1.54) is 19.2 Å². The average Bonchev–Trinajstić information content (AvgIpc) is 2.46. The van der Waals surface area contributed by atoms with Crippen molar-refractivity contribution in [1.82, 2.24) is 0 Å². The molecule has 0 atom stereocenters. The van der Waals surface area contributed by atoms with Crippen molar-refractivity contribution in [3.63, 3.8) is 0 Å². The zero-order valence-corrected chi connectivity index (χ0v) is 11.4. The minimum Gasteiger partial charge on any atom is -0.494 e. The van der Waals surface area contributed by atoms with E-state index >= 15 is 0 Å². The van der Waals surface area contributed by atoms with E-state index in [9.17, 15) is 4.39 Å². The maximum absolute atomic E-state index is 13.9. The highest BCUT2D eigenvalue weighted by Crippen LogP contribution is 2.25. The predicted octanol–water partition coefficient (Wildman–Crippen LogP) is 3.94. The molecule has 0 aliphatic rings. The normalized spacial score (nSPS) is 9.90. The van der Waals surface area contributed by atoms with Crippen molar-refractivity contribution >= 4 is 11.6 Å². The molecule has 0 saturated heterocycles. The number of nitriles is 1. The van der Waals surface area contributed by atoms with Crippen molar-refractivity contribution in [1.29, 1.82) is 5.26 Å². The van der Waals surface area contributed by atoms with Crippen molar-refractivity contribution in [2.75, 3.05) is 7.11 Å². The van der Waals surface area contributed by atoms with Crippen LogP contribution in [0.2, 0.25) is 5.02 Å². The predicted molar refractivity (Wildman–Crippen MR) is 73.5 cm³/mol. The van der Waals surface area contributed by atoms with Crippen LogP contribution in [-0.4, -0.2) is 7.11 Å². The number of hydrogen-bond donors (Lipinski definition) is 0. The molecule has 0 aromatic heterocycles. The molecule has 0 unspecified atom stereocenters. The molecule has 3 nitrogen and oxygen atoms in total. The Hall–Kier alpha value is -2.25. The molecule has 0 saturated carbocycles. The number of nitrogens with zero attached hydrogens (tertiary/aromatic N) is 1. The fourth-order valence-electron chi connectivity index (χ4n) is 1.69. The first-order chi connectivity index (χ1) is 9.65. The summed E-state index contributed by atoms with van der Waals surface area (Å²) in [6.45, 7) is -0.0158. The van der Waals surface area contributed by atoms with Crippen molar-refractivity contribution in [3.8, 4) is 17.6 Å². The highest BCUT2D eigenvalue weighted by molar-refractivity contribution is 6.30. The van der Waals surface area contributed by atoms with Crippen LogP contribution >= 0.6 is 11.6 Å². The zero-order chi connectivity index (χ0) is 14.5. The van der Waals surface area contributed by atoms with Crippen molar-refractivity contribution < 1.29 is 13.9 Å². The molecule has 0 spiro atoms. The maximum Gasteiger partial charge on any atom is 0.171 e. The average molecular weight is 292 g/mol. The summed E-state index contributed by atoms with van der Waals surface area (Å²) in [5, 5.41) is 9.43. The maximum atomic E-state index is 13.9. The van der Waals surface area contributed by atoms with E-state index in [-0.39, 0.29) is 12.4 Å². The number of halogens is 2. The Balaban J connectivity index is 2.21. The van der Waals surface area contributed by atoms with Gasteiger partial charge in [-0.1, -0.05) is 23.7 Å². The van der Waals surface area contributed by atoms with Crippen LogP contribution in [0.1, 0.15) is 11.1 Å². The summed E-state index contributed by atoms with van der Waals surface area (Å²) in [4.78, 5) is 0. The molecule has 0 aliphatic carbocycles. The van der Waals surface area contributed by atoms with Crippen LogP contribution in [0, 0.1) is 17.1 Å². The molecule has 2 aromatic carbocycles. The fraction of sp³-hybridized carbons (Fsp3) is 0.133. The zero-order valence-electron chi connectivity index (χ0n) is 10.7. The molecule has 102 valence electrons. The summed E-state index contributed by atoms with van der Waals surface area (Å²) in [5.74, 6) is -0.00421. The van der Waals surface area contributed by atoms with Gasteiger partial charge in [-0.05, 0) is 18.2 Å². The van der Waals surface area contributed by atoms with Crippen LogP contribution in [0.15, 0.2) is 36.4 Å². The van der Waals surface area contributed by atoms with E-state index in [0.29, 0.717) is 21.9 Å². The lowest BCUT2D eigenvalue weighted by molar-refractivity contribution is 0.295. The van der Waals surface area contributed by atoms with Gasteiger partial charge < -0.3 is 9.47 Å². The minimum atomic E-state index is -0.476. The van der Waals surface area contributed by atoms with Crippen LogP contribution in [0.25, 0.3) is 0 Å². The first kappa shape index (κ1) is 14.2. The van der Waals surface area contributed by atoms with Gasteiger partial charge in [0.25, 0.3) is 0 Å². The van der Waals surface area contributed by atoms with E-state index in [1.807, 2.05) is 6.07 Å². The van der Waals surface area contributed by atoms with Gasteiger partial charge >= 0.3 is 0 Å². The van der Waals surface area contributed by atoms with Gasteiger partial charge in [0.1, 0.15) is 18.4 Å². The largest absolute Gasteiger partial charge is 0.494 e. The first-order valence-electron chi connectivity index (χ1n) is 5.79. The lowest BCUT2D eigenvalue weighted by Gasteiger charge is -2.10. The van der Waals surface area contributed by atoms with Gasteiger partial charge in [0.2, 0.25) is 0 Å². The summed E-state index contributed by atoms with van der Waals surface area (Å²) in [6, 6.07) is 11.5. The second kappa shape index (κ2) is 6.27. The van der Waals surface area contributed by atoms with E-state index in [4.69, 9.17) is 26.3 Å². The van der Waals surface area contributed by atoms with Gasteiger partial charge in [-0.3, -0.25) is 0 Å². The quantitative estimate of drug-likeness (QED) is 0.857. The van der Waals surface area contributed by atoms with Crippen molar-refractivity contribution in [2.24, 2.45) is 0 Å². The summed E-state index contributed by atoms with van der Waals surface area (Å²) < 4.78 is 24.3. The summed E-state index contributed by atoms with van der Waals surface area (Å²) >= 11 is 5.85. The SMILES string of the molecule is COc1cccc(COc2cc(Cl)ccc2C#N)c1F. The Kier molecular flexibility index (Phi) is 4.44. The Bertz CT molecular complexity index is 667. The second-order valence-electron chi connectivity index (χ2n) is 3.97. The van der Waals surface area contributed by atoms with Crippen LogP contribution in [-0.2, 0) is 6.61 Å². The molecule has 0 fully saturated rings. The second-order valence-corrected chi connectivity index (χ2v) is 4.41. The molecule has 0 N–H and O–H groups in total. The lowest BCUT2D eigenvalue weighted by atomic mass is 10.2. The Morgan fingerprint density at radius 3 is 2.75 bits per heavy atom. The van der Waals surface area contributed by atoms with Gasteiger partial charge in [-0.15, -0.1) is 0 Å². The fourth-order valence-corrected chi connectivity index (χ4v) is 1.85. The highest BCUT2D eigenvalue weighted by atomic mass is 35.5. The van der Waals surface area contributed by atoms with Gasteiger partial charge in [0.15, 0.2) is 11.6 Å². The molecule has 2 aromatic rings. The number of ether oxygens (including phenoxy) is 2. The topological polar surface area (TPSA) is 42.2 Å². The van der Waals surface area contributed by atoms with Crippen LogP contribution in [0.3, 0.4) is 0 Å². The molecule has 5 heteroatoms. The van der Waals surface area contributed by atoms with E-state index < -0.39 is 5.82 Å². The third kappa shape index (κ3) is 3.01. The van der Waals surface area contributed by atoms with Gasteiger partial charge in [0, 0.05) is 16.7 Å². The molecule has 0 radical (unpaired) electrons. The summed E-state index contributed by atoms with van der Waals surface area (Å²) in [6.07, 6.45) is 0. The summed E-state index contributed by atoms with van der Waals surface area (Å²) in [7, 11) is 1.40. The van der Waals surface area contributed by atoms with E-state index in [0.717, 1.165) is 0 Å². The molecule has 20 heavy (non-hydrogen) atoms. The molecule has 2 rings (SSSR count). The molecule has 0 amide bonds. The first-order valence-corrected chi connectivity index (χ1v) is 6.17. The monoisotopic (exact) mass is 291 g/mol. The van der Waals surface area contributed by atoms with Gasteiger partial charge in [-0.25, -0.2) is 4.39 Å². The minimum absolute atomic E-state index is 0.0158. The van der Waals surface area contributed by atoms with Crippen LogP contribution in [0.5, 0.6) is 11.5 Å². The Morgan fingerprint density at radius 1 is 1.25 bits per heavy atom. The number of hydrogen-bond acceptors (Lipinski definition) is 3. The molecule has 0 heterocycles. The molecule has 0 aliphatic heterocycles. The number of benzene rings is 2. The third-order valence-corrected chi connectivity index (χ3v) is 2.95. The molecular formula is C15H11ClFNO2. The molecule has 0 bridgehead atoms. The van der Waals surface area contributed by atoms with Crippen LogP contribution < -0.4 is 9.47 Å². The third-order valence-electron chi connectivity index (χ3n) is 2.71. The Morgan fingerprint density at radius 2 is 2.05 bits per heavy atom. The number of methoxy groups -OCH3 is 1. The molecular weight excluding hydrogens is 281 g/mol. The van der Waals surface area contributed by atoms with Crippen LogP contribution in [0.4, 0.5) is 4.39 Å². The lowest BCUT2D eigenvalue weighted by Crippen LogP contribution is -2.01. The van der Waals surface area contributed by atoms with Crippen molar-refractivity contribution in [3.05, 3.63) is 58.4 Å².